The number of aliphatic hydroxyl groups is 4. The maximum Gasteiger partial charge on any atom is 0.186 e. The summed E-state index contributed by atoms with van der Waals surface area (Å²) < 4.78 is 11.7. The average Bonchev–Trinajstić information content (AvgIpc) is 3.22. The van der Waals surface area contributed by atoms with Gasteiger partial charge in [-0.3, -0.25) is 0 Å². The van der Waals surface area contributed by atoms with Crippen LogP contribution in [-0.2, 0) is 22.3 Å². The molecule has 0 amide bonds. The van der Waals surface area contributed by atoms with Gasteiger partial charge in [-0.2, -0.15) is 0 Å². The van der Waals surface area contributed by atoms with Gasteiger partial charge < -0.3 is 29.9 Å². The predicted molar refractivity (Wildman–Crippen MR) is 122 cm³/mol. The molecule has 4 rings (SSSR count). The summed E-state index contributed by atoms with van der Waals surface area (Å²) in [7, 11) is 1.33. The fourth-order valence-electron chi connectivity index (χ4n) is 4.09. The first kappa shape index (κ1) is 22.9. The molecular formula is C25H26O6S. The fraction of sp³-hybridized carbons (Fsp3) is 0.360. The monoisotopic (exact) mass is 454 g/mol. The summed E-state index contributed by atoms with van der Waals surface area (Å²) in [6.45, 7) is -0.515. The Labute approximate surface area is 190 Å². The number of thiophene rings is 1. The number of benzene rings is 2. The van der Waals surface area contributed by atoms with Gasteiger partial charge in [-0.05, 0) is 40.1 Å². The van der Waals surface area contributed by atoms with Crippen molar-refractivity contribution in [3.05, 3.63) is 70.6 Å². The molecule has 4 N–H and O–H groups in total. The highest BCUT2D eigenvalue weighted by molar-refractivity contribution is 7.17. The maximum atomic E-state index is 11.2. The number of aliphatic hydroxyl groups excluding tert-OH is 3. The van der Waals surface area contributed by atoms with Crippen molar-refractivity contribution in [1.82, 2.24) is 0 Å². The summed E-state index contributed by atoms with van der Waals surface area (Å²) >= 11 is 1.70. The summed E-state index contributed by atoms with van der Waals surface area (Å²) in [6.07, 6.45) is -4.65. The van der Waals surface area contributed by atoms with Crippen LogP contribution in [0.25, 0.3) is 10.1 Å². The number of methoxy groups -OCH3 is 1. The number of hydrogen-bond acceptors (Lipinski definition) is 7. The van der Waals surface area contributed by atoms with E-state index in [0.717, 1.165) is 5.56 Å². The van der Waals surface area contributed by atoms with Gasteiger partial charge in [0.1, 0.15) is 23.9 Å². The molecule has 0 aliphatic carbocycles. The highest BCUT2D eigenvalue weighted by Crippen LogP contribution is 2.33. The zero-order valence-corrected chi connectivity index (χ0v) is 18.5. The van der Waals surface area contributed by atoms with E-state index in [1.54, 1.807) is 17.4 Å². The van der Waals surface area contributed by atoms with Crippen molar-refractivity contribution in [1.29, 1.82) is 0 Å². The molecule has 0 spiro atoms. The van der Waals surface area contributed by atoms with Gasteiger partial charge in [-0.25, -0.2) is 0 Å². The highest BCUT2D eigenvalue weighted by Gasteiger charge is 2.55. The second-order valence-corrected chi connectivity index (χ2v) is 8.87. The van der Waals surface area contributed by atoms with E-state index in [4.69, 9.17) is 9.47 Å². The second kappa shape index (κ2) is 9.69. The zero-order chi connectivity index (χ0) is 22.7. The summed E-state index contributed by atoms with van der Waals surface area (Å²) in [5.41, 5.74) is 0.696. The van der Waals surface area contributed by atoms with Gasteiger partial charge in [0.25, 0.3) is 0 Å². The molecule has 0 unspecified atom stereocenters. The molecule has 1 aliphatic heterocycles. The Kier molecular flexibility index (Phi) is 6.93. The molecule has 3 aromatic rings. The van der Waals surface area contributed by atoms with Crippen molar-refractivity contribution < 1.29 is 29.9 Å². The molecule has 1 fully saturated rings. The Hall–Kier alpha value is -2.28. The minimum Gasteiger partial charge on any atom is -0.394 e. The van der Waals surface area contributed by atoms with Gasteiger partial charge in [-0.1, -0.05) is 42.2 Å². The molecular weight excluding hydrogens is 428 g/mol. The van der Waals surface area contributed by atoms with Crippen molar-refractivity contribution in [2.24, 2.45) is 0 Å². The zero-order valence-electron chi connectivity index (χ0n) is 17.6. The molecule has 2 aromatic carbocycles. The van der Waals surface area contributed by atoms with Crippen LogP contribution in [0.3, 0.4) is 0 Å². The number of ether oxygens (including phenoxy) is 2. The summed E-state index contributed by atoms with van der Waals surface area (Å²) in [5, 5.41) is 45.1. The van der Waals surface area contributed by atoms with Gasteiger partial charge in [0.15, 0.2) is 6.29 Å². The molecule has 1 aromatic heterocycles. The average molecular weight is 455 g/mol. The molecule has 0 saturated carbocycles. The van der Waals surface area contributed by atoms with E-state index in [-0.39, 0.29) is 6.42 Å². The Bertz CT molecular complexity index is 1110. The van der Waals surface area contributed by atoms with Crippen molar-refractivity contribution >= 4 is 21.4 Å². The first-order valence-corrected chi connectivity index (χ1v) is 11.2. The molecule has 5 atom stereocenters. The molecule has 168 valence electrons. The van der Waals surface area contributed by atoms with Crippen molar-refractivity contribution in [2.75, 3.05) is 13.7 Å². The lowest BCUT2D eigenvalue weighted by molar-refractivity contribution is -0.327. The Morgan fingerprint density at radius 2 is 1.94 bits per heavy atom. The molecule has 1 saturated heterocycles. The lowest BCUT2D eigenvalue weighted by Gasteiger charge is -2.47. The quantitative estimate of drug-likeness (QED) is 0.439. The summed E-state index contributed by atoms with van der Waals surface area (Å²) in [5.74, 6) is 6.37. The molecule has 1 aliphatic rings. The van der Waals surface area contributed by atoms with Gasteiger partial charge in [0.2, 0.25) is 0 Å². The van der Waals surface area contributed by atoms with Crippen LogP contribution in [0.2, 0.25) is 0 Å². The van der Waals surface area contributed by atoms with Crippen LogP contribution >= 0.6 is 11.3 Å². The van der Waals surface area contributed by atoms with Gasteiger partial charge in [0.05, 0.1) is 6.61 Å². The van der Waals surface area contributed by atoms with E-state index in [1.807, 2.05) is 30.3 Å². The topological polar surface area (TPSA) is 99.4 Å². The Morgan fingerprint density at radius 3 is 2.72 bits per heavy atom. The smallest absolute Gasteiger partial charge is 0.186 e. The minimum absolute atomic E-state index is 0.0558. The standard InChI is InChI=1S/C25H26O6S/c1-30-24-23(28)25(29,22(27)20(14-26)31-24)13-17-8-4-6-16(12-17)7-5-9-18-15-32-21-11-3-2-10-19(18)21/h2-4,6,8,10-12,15,20,22-24,26-29H,9,13-14H2,1H3/t20-,22+,23+,24-,25+/m1/s1. The largest absolute Gasteiger partial charge is 0.394 e. The number of fused-ring (bicyclic) bond motifs is 1. The van der Waals surface area contributed by atoms with E-state index in [2.05, 4.69) is 29.4 Å². The maximum absolute atomic E-state index is 11.2. The normalized spacial score (nSPS) is 27.8. The second-order valence-electron chi connectivity index (χ2n) is 7.95. The lowest BCUT2D eigenvalue weighted by atomic mass is 9.79. The molecule has 32 heavy (non-hydrogen) atoms. The van der Waals surface area contributed by atoms with Crippen LogP contribution in [0.15, 0.2) is 53.9 Å². The third kappa shape index (κ3) is 4.45. The van der Waals surface area contributed by atoms with E-state index in [9.17, 15) is 20.4 Å². The van der Waals surface area contributed by atoms with E-state index >= 15 is 0 Å². The third-order valence-corrected chi connectivity index (χ3v) is 6.85. The van der Waals surface area contributed by atoms with Crippen molar-refractivity contribution in [3.8, 4) is 11.8 Å². The van der Waals surface area contributed by atoms with Crippen LogP contribution in [0.4, 0.5) is 0 Å². The van der Waals surface area contributed by atoms with E-state index < -0.39 is 36.8 Å². The van der Waals surface area contributed by atoms with Crippen LogP contribution < -0.4 is 0 Å². The van der Waals surface area contributed by atoms with E-state index in [1.165, 1.54) is 22.8 Å². The van der Waals surface area contributed by atoms with Crippen LogP contribution in [0.1, 0.15) is 16.7 Å². The molecule has 2 heterocycles. The SMILES string of the molecule is CO[C@@H]1O[C@H](CO)[C@H](O)[C@@](O)(Cc2cccc(C#CCc3csc4ccccc34)c2)[C@H]1O. The number of hydrogen-bond donors (Lipinski definition) is 4. The van der Waals surface area contributed by atoms with Crippen molar-refractivity contribution in [2.45, 2.75) is 43.0 Å². The van der Waals surface area contributed by atoms with Crippen molar-refractivity contribution in [3.63, 3.8) is 0 Å². The highest BCUT2D eigenvalue weighted by atomic mass is 32.1. The minimum atomic E-state index is -1.95. The molecule has 6 nitrogen and oxygen atoms in total. The van der Waals surface area contributed by atoms with Gasteiger partial charge >= 0.3 is 0 Å². The molecule has 0 bridgehead atoms. The summed E-state index contributed by atoms with van der Waals surface area (Å²) in [4.78, 5) is 0. The Morgan fingerprint density at radius 1 is 1.12 bits per heavy atom. The van der Waals surface area contributed by atoms with Gasteiger partial charge in [0, 0.05) is 30.2 Å². The predicted octanol–water partition coefficient (Wildman–Crippen LogP) is 1.85. The molecule has 0 radical (unpaired) electrons. The van der Waals surface area contributed by atoms with Crippen LogP contribution in [-0.4, -0.2) is 64.3 Å². The third-order valence-electron chi connectivity index (χ3n) is 5.84. The number of rotatable bonds is 5. The summed E-state index contributed by atoms with van der Waals surface area (Å²) in [6, 6.07) is 15.5. The van der Waals surface area contributed by atoms with Gasteiger partial charge in [-0.15, -0.1) is 11.3 Å². The van der Waals surface area contributed by atoms with Crippen LogP contribution in [0.5, 0.6) is 0 Å². The first-order chi connectivity index (χ1) is 15.5. The van der Waals surface area contributed by atoms with Crippen LogP contribution in [0, 0.1) is 11.8 Å². The molecule has 7 heteroatoms. The Balaban J connectivity index is 1.52. The lowest BCUT2D eigenvalue weighted by Crippen LogP contribution is -2.68. The van der Waals surface area contributed by atoms with E-state index in [0.29, 0.717) is 12.0 Å². The first-order valence-electron chi connectivity index (χ1n) is 10.4. The fourth-order valence-corrected chi connectivity index (χ4v) is 5.05.